The van der Waals surface area contributed by atoms with Gasteiger partial charge >= 0.3 is 12.1 Å². The molecule has 1 heterocycles. The Morgan fingerprint density at radius 2 is 1.50 bits per heavy atom. The highest BCUT2D eigenvalue weighted by Crippen LogP contribution is 2.21. The minimum absolute atomic E-state index is 0.0594. The van der Waals surface area contributed by atoms with Crippen LogP contribution < -0.4 is 14.8 Å². The number of hydrogen-bond acceptors (Lipinski definition) is 5. The Balaban J connectivity index is 1.43. The van der Waals surface area contributed by atoms with E-state index in [1.807, 2.05) is 0 Å². The van der Waals surface area contributed by atoms with E-state index in [4.69, 9.17) is 14.6 Å². The van der Waals surface area contributed by atoms with Crippen LogP contribution in [0.25, 0.3) is 0 Å². The summed E-state index contributed by atoms with van der Waals surface area (Å²) < 4.78 is 11.4. The lowest BCUT2D eigenvalue weighted by Crippen LogP contribution is -2.43. The summed E-state index contributed by atoms with van der Waals surface area (Å²) >= 11 is 0. The molecule has 1 saturated heterocycles. The number of amides is 2. The first-order valence-electron chi connectivity index (χ1n) is 11.5. The summed E-state index contributed by atoms with van der Waals surface area (Å²) in [6, 6.07) is 12.8. The molecule has 1 aliphatic heterocycles. The van der Waals surface area contributed by atoms with E-state index < -0.39 is 12.1 Å². The van der Waals surface area contributed by atoms with Crippen molar-refractivity contribution >= 4 is 18.0 Å². The highest BCUT2D eigenvalue weighted by atomic mass is 16.6. The Morgan fingerprint density at radius 3 is 2.06 bits per heavy atom. The van der Waals surface area contributed by atoms with E-state index in [1.165, 1.54) is 12.1 Å². The molecule has 2 aromatic rings. The van der Waals surface area contributed by atoms with Crippen molar-refractivity contribution in [1.29, 1.82) is 0 Å². The number of nitrogens with one attached hydrogen (secondary N) is 1. The number of benzene rings is 2. The molecule has 0 bridgehead atoms. The first kappa shape index (κ1) is 25.1. The molecular formula is C26H32N2O6. The Labute approximate surface area is 199 Å². The summed E-state index contributed by atoms with van der Waals surface area (Å²) in [6.45, 7) is 7.96. The standard InChI is InChI=1S/C26H32N2O6/c1-26(2,3)14-15-27-23(29)18-4-8-21(9-5-18)34-25(32)28-16-12-22(13-17-28)33-20-10-6-19(7-11-20)24(30)31/h4-11,22H,12-17H2,1-3H3,(H,27,29)(H,30,31). The maximum atomic E-state index is 12.5. The second-order valence-corrected chi connectivity index (χ2v) is 9.59. The molecule has 2 aromatic carbocycles. The van der Waals surface area contributed by atoms with Gasteiger partial charge in [0.1, 0.15) is 17.6 Å². The molecule has 182 valence electrons. The van der Waals surface area contributed by atoms with E-state index in [-0.39, 0.29) is 23.0 Å². The van der Waals surface area contributed by atoms with Crippen LogP contribution in [0.4, 0.5) is 4.79 Å². The molecule has 2 N–H and O–H groups in total. The molecule has 0 radical (unpaired) electrons. The van der Waals surface area contributed by atoms with Crippen molar-refractivity contribution in [1.82, 2.24) is 10.2 Å². The molecule has 2 amide bonds. The van der Waals surface area contributed by atoms with Gasteiger partial charge in [0.05, 0.1) is 5.56 Å². The lowest BCUT2D eigenvalue weighted by molar-refractivity contribution is 0.0696. The molecule has 0 unspecified atom stereocenters. The normalized spacial score (nSPS) is 14.4. The third kappa shape index (κ3) is 7.50. The smallest absolute Gasteiger partial charge is 0.415 e. The number of carboxylic acids is 1. The van der Waals surface area contributed by atoms with Crippen LogP contribution in [-0.2, 0) is 0 Å². The van der Waals surface area contributed by atoms with Crippen molar-refractivity contribution < 1.29 is 29.0 Å². The van der Waals surface area contributed by atoms with E-state index in [2.05, 4.69) is 26.1 Å². The molecular weight excluding hydrogens is 436 g/mol. The number of hydrogen-bond donors (Lipinski definition) is 2. The third-order valence-electron chi connectivity index (χ3n) is 5.59. The summed E-state index contributed by atoms with van der Waals surface area (Å²) in [5.41, 5.74) is 0.877. The quantitative estimate of drug-likeness (QED) is 0.616. The molecule has 1 aliphatic rings. The van der Waals surface area contributed by atoms with Crippen LogP contribution in [0.1, 0.15) is 60.7 Å². The molecule has 34 heavy (non-hydrogen) atoms. The maximum Gasteiger partial charge on any atom is 0.415 e. The second kappa shape index (κ2) is 11.0. The average molecular weight is 469 g/mol. The van der Waals surface area contributed by atoms with Crippen LogP contribution in [0.2, 0.25) is 0 Å². The predicted octanol–water partition coefficient (Wildman–Crippen LogP) is 4.59. The highest BCUT2D eigenvalue weighted by Gasteiger charge is 2.25. The third-order valence-corrected chi connectivity index (χ3v) is 5.59. The highest BCUT2D eigenvalue weighted by molar-refractivity contribution is 5.94. The molecule has 0 aliphatic carbocycles. The number of carbonyl (C=O) groups is 3. The lowest BCUT2D eigenvalue weighted by atomic mass is 9.92. The van der Waals surface area contributed by atoms with Gasteiger partial charge in [0, 0.05) is 38.0 Å². The molecule has 3 rings (SSSR count). The number of nitrogens with zero attached hydrogens (tertiary/aromatic N) is 1. The van der Waals surface area contributed by atoms with Gasteiger partial charge in [-0.25, -0.2) is 9.59 Å². The predicted molar refractivity (Wildman–Crippen MR) is 127 cm³/mol. The zero-order chi connectivity index (χ0) is 24.7. The first-order valence-corrected chi connectivity index (χ1v) is 11.5. The molecule has 0 saturated carbocycles. The fourth-order valence-electron chi connectivity index (χ4n) is 3.52. The van der Waals surface area contributed by atoms with Crippen molar-refractivity contribution in [3.63, 3.8) is 0 Å². The van der Waals surface area contributed by atoms with E-state index in [1.54, 1.807) is 41.3 Å². The van der Waals surface area contributed by atoms with E-state index in [0.29, 0.717) is 49.5 Å². The molecule has 1 fully saturated rings. The number of rotatable bonds is 7. The molecule has 0 spiro atoms. The van der Waals surface area contributed by atoms with Crippen LogP contribution in [0.3, 0.4) is 0 Å². The lowest BCUT2D eigenvalue weighted by Gasteiger charge is -2.31. The summed E-state index contributed by atoms with van der Waals surface area (Å²) in [6.07, 6.45) is 1.67. The van der Waals surface area contributed by atoms with Crippen molar-refractivity contribution in [2.45, 2.75) is 46.1 Å². The number of carbonyl (C=O) groups excluding carboxylic acids is 2. The number of aromatic carboxylic acids is 1. The summed E-state index contributed by atoms with van der Waals surface area (Å²) in [5.74, 6) is -0.143. The Hall–Kier alpha value is -3.55. The van der Waals surface area contributed by atoms with E-state index in [0.717, 1.165) is 6.42 Å². The SMILES string of the molecule is CC(C)(C)CCNC(=O)c1ccc(OC(=O)N2CCC(Oc3ccc(C(=O)O)cc3)CC2)cc1. The second-order valence-electron chi connectivity index (χ2n) is 9.59. The summed E-state index contributed by atoms with van der Waals surface area (Å²) in [7, 11) is 0. The minimum Gasteiger partial charge on any atom is -0.490 e. The van der Waals surface area contributed by atoms with Crippen LogP contribution in [0, 0.1) is 5.41 Å². The van der Waals surface area contributed by atoms with Crippen LogP contribution in [0.5, 0.6) is 11.5 Å². The average Bonchev–Trinajstić information content (AvgIpc) is 2.79. The largest absolute Gasteiger partial charge is 0.490 e. The van der Waals surface area contributed by atoms with Crippen molar-refractivity contribution in [2.75, 3.05) is 19.6 Å². The van der Waals surface area contributed by atoms with Crippen molar-refractivity contribution in [3.8, 4) is 11.5 Å². The topological polar surface area (TPSA) is 105 Å². The van der Waals surface area contributed by atoms with Gasteiger partial charge in [0.15, 0.2) is 0 Å². The Bertz CT molecular complexity index is 987. The number of carboxylic acid groups (broad SMARTS) is 1. The summed E-state index contributed by atoms with van der Waals surface area (Å²) in [5, 5.41) is 11.9. The maximum absolute atomic E-state index is 12.5. The van der Waals surface area contributed by atoms with Gasteiger partial charge in [-0.15, -0.1) is 0 Å². The molecule has 0 aromatic heterocycles. The molecule has 8 nitrogen and oxygen atoms in total. The van der Waals surface area contributed by atoms with Crippen LogP contribution >= 0.6 is 0 Å². The van der Waals surface area contributed by atoms with Gasteiger partial charge in [-0.1, -0.05) is 20.8 Å². The van der Waals surface area contributed by atoms with Gasteiger partial charge in [-0.05, 0) is 60.4 Å². The zero-order valence-corrected chi connectivity index (χ0v) is 19.9. The van der Waals surface area contributed by atoms with E-state index in [9.17, 15) is 14.4 Å². The van der Waals surface area contributed by atoms with Crippen molar-refractivity contribution in [2.24, 2.45) is 5.41 Å². The number of likely N-dealkylation sites (tertiary alicyclic amines) is 1. The molecule has 0 atom stereocenters. The van der Waals surface area contributed by atoms with Crippen LogP contribution in [-0.4, -0.2) is 53.7 Å². The monoisotopic (exact) mass is 468 g/mol. The van der Waals surface area contributed by atoms with Gasteiger partial charge in [-0.2, -0.15) is 0 Å². The number of ether oxygens (including phenoxy) is 2. The van der Waals surface area contributed by atoms with Gasteiger partial charge < -0.3 is 24.8 Å². The first-order chi connectivity index (χ1) is 16.1. The minimum atomic E-state index is -0.979. The van der Waals surface area contributed by atoms with Gasteiger partial charge in [0.2, 0.25) is 0 Å². The van der Waals surface area contributed by atoms with Crippen molar-refractivity contribution in [3.05, 3.63) is 59.7 Å². The van der Waals surface area contributed by atoms with Gasteiger partial charge in [-0.3, -0.25) is 4.79 Å². The number of piperidine rings is 1. The van der Waals surface area contributed by atoms with Crippen LogP contribution in [0.15, 0.2) is 48.5 Å². The fraction of sp³-hybridized carbons (Fsp3) is 0.423. The Morgan fingerprint density at radius 1 is 0.941 bits per heavy atom. The fourth-order valence-corrected chi connectivity index (χ4v) is 3.52. The zero-order valence-electron chi connectivity index (χ0n) is 19.9. The molecule has 8 heteroatoms. The van der Waals surface area contributed by atoms with E-state index >= 15 is 0 Å². The van der Waals surface area contributed by atoms with Gasteiger partial charge in [0.25, 0.3) is 5.91 Å². The summed E-state index contributed by atoms with van der Waals surface area (Å²) in [4.78, 5) is 37.3. The Kier molecular flexibility index (Phi) is 8.15.